The van der Waals surface area contributed by atoms with Crippen molar-refractivity contribution < 1.29 is 9.53 Å². The van der Waals surface area contributed by atoms with Crippen molar-refractivity contribution >= 4 is 11.7 Å². The maximum atomic E-state index is 14.0. The van der Waals surface area contributed by atoms with E-state index in [0.29, 0.717) is 42.8 Å². The number of aromatic nitrogens is 5. The first-order valence-electron chi connectivity index (χ1n) is 12.2. The van der Waals surface area contributed by atoms with Gasteiger partial charge in [0.1, 0.15) is 29.4 Å². The number of piperidine rings is 1. The van der Waals surface area contributed by atoms with E-state index >= 15 is 0 Å². The van der Waals surface area contributed by atoms with E-state index in [-0.39, 0.29) is 23.3 Å². The lowest BCUT2D eigenvalue weighted by Gasteiger charge is -2.38. The summed E-state index contributed by atoms with van der Waals surface area (Å²) in [5.41, 5.74) is 0.285. The largest absolute Gasteiger partial charge is 0.385 e. The molecular weight excluding hydrogens is 432 g/mol. The number of methoxy groups -OCH3 is 1. The van der Waals surface area contributed by atoms with Crippen molar-refractivity contribution in [2.24, 2.45) is 5.92 Å². The van der Waals surface area contributed by atoms with Crippen molar-refractivity contribution in [3.8, 4) is 0 Å². The summed E-state index contributed by atoms with van der Waals surface area (Å²) in [6.45, 7) is 14.0. The van der Waals surface area contributed by atoms with Crippen LogP contribution in [0, 0.1) is 5.92 Å². The molecule has 0 radical (unpaired) electrons. The summed E-state index contributed by atoms with van der Waals surface area (Å²) in [5.74, 6) is 2.60. The van der Waals surface area contributed by atoms with E-state index in [9.17, 15) is 4.79 Å². The third-order valence-corrected chi connectivity index (χ3v) is 5.92. The second-order valence-corrected chi connectivity index (χ2v) is 10.4. The number of ether oxygens (including phenoxy) is 1. The van der Waals surface area contributed by atoms with Gasteiger partial charge in [0.2, 0.25) is 0 Å². The van der Waals surface area contributed by atoms with E-state index in [0.717, 1.165) is 31.8 Å². The van der Waals surface area contributed by atoms with E-state index in [4.69, 9.17) is 9.72 Å². The zero-order chi connectivity index (χ0) is 24.7. The maximum absolute atomic E-state index is 14.0. The molecule has 0 aliphatic carbocycles. The molecule has 1 saturated heterocycles. The van der Waals surface area contributed by atoms with Gasteiger partial charge in [-0.3, -0.25) is 9.89 Å². The van der Waals surface area contributed by atoms with Gasteiger partial charge in [0.05, 0.1) is 0 Å². The zero-order valence-electron chi connectivity index (χ0n) is 21.4. The Hall–Kier alpha value is -2.59. The van der Waals surface area contributed by atoms with E-state index in [1.807, 2.05) is 4.90 Å². The number of aromatic amines is 1. The normalized spacial score (nSPS) is 18.8. The van der Waals surface area contributed by atoms with Crippen molar-refractivity contribution in [2.75, 3.05) is 45.2 Å². The van der Waals surface area contributed by atoms with Crippen molar-refractivity contribution in [1.29, 1.82) is 0 Å². The average Bonchev–Trinajstić information content (AvgIpc) is 3.34. The second kappa shape index (κ2) is 11.7. The number of hydrogen-bond donors (Lipinski definition) is 3. The van der Waals surface area contributed by atoms with Crippen LogP contribution in [0.4, 0.5) is 5.82 Å². The number of amides is 1. The minimum atomic E-state index is -0.222. The molecule has 34 heavy (non-hydrogen) atoms. The molecule has 188 valence electrons. The van der Waals surface area contributed by atoms with Gasteiger partial charge in [-0.2, -0.15) is 5.10 Å². The third kappa shape index (κ3) is 6.73. The molecule has 0 aromatic carbocycles. The molecule has 1 amide bonds. The van der Waals surface area contributed by atoms with Gasteiger partial charge in [0.25, 0.3) is 5.91 Å². The number of carbonyl (C=O) groups excluding carboxylic acids is 1. The smallest absolute Gasteiger partial charge is 0.259 e. The van der Waals surface area contributed by atoms with E-state index in [1.54, 1.807) is 13.3 Å². The lowest BCUT2D eigenvalue weighted by molar-refractivity contribution is 0.0608. The number of H-pyrrole nitrogens is 1. The van der Waals surface area contributed by atoms with Gasteiger partial charge in [-0.15, -0.1) is 0 Å². The molecule has 0 saturated carbocycles. The van der Waals surface area contributed by atoms with E-state index in [2.05, 4.69) is 65.4 Å². The van der Waals surface area contributed by atoms with Crippen LogP contribution in [0.1, 0.15) is 75.4 Å². The Morgan fingerprint density at radius 1 is 1.29 bits per heavy atom. The molecule has 1 aliphatic heterocycles. The topological polar surface area (TPSA) is 121 Å². The summed E-state index contributed by atoms with van der Waals surface area (Å²) in [4.78, 5) is 29.6. The van der Waals surface area contributed by atoms with Gasteiger partial charge in [-0.05, 0) is 18.8 Å². The first kappa shape index (κ1) is 26.0. The Morgan fingerprint density at radius 2 is 2.09 bits per heavy atom. The van der Waals surface area contributed by atoms with Crippen LogP contribution in [0.2, 0.25) is 0 Å². The molecule has 0 spiro atoms. The van der Waals surface area contributed by atoms with E-state index < -0.39 is 0 Å². The highest BCUT2D eigenvalue weighted by atomic mass is 16.5. The minimum Gasteiger partial charge on any atom is -0.385 e. The van der Waals surface area contributed by atoms with Gasteiger partial charge in [-0.25, -0.2) is 15.0 Å². The molecule has 0 bridgehead atoms. The number of hydrogen-bond acceptors (Lipinski definition) is 8. The molecular formula is C24H40N8O2. The lowest BCUT2D eigenvalue weighted by Crippen LogP contribution is -2.52. The SMILES string of the molecule is COCCCNc1nc(C(C)(C)C)ncc1C(=O)N(CC(C)C)[C@@H]1CNC[C@H](c2ncn[nH]2)C1. The predicted molar refractivity (Wildman–Crippen MR) is 132 cm³/mol. The molecule has 10 nitrogen and oxygen atoms in total. The molecule has 3 N–H and O–H groups in total. The fourth-order valence-corrected chi connectivity index (χ4v) is 4.18. The van der Waals surface area contributed by atoms with E-state index in [1.165, 1.54) is 6.33 Å². The highest BCUT2D eigenvalue weighted by molar-refractivity contribution is 5.98. The van der Waals surface area contributed by atoms with Gasteiger partial charge in [-0.1, -0.05) is 34.6 Å². The van der Waals surface area contributed by atoms with Crippen LogP contribution in [0.5, 0.6) is 0 Å². The van der Waals surface area contributed by atoms with Crippen LogP contribution in [0.25, 0.3) is 0 Å². The fraction of sp³-hybridized carbons (Fsp3) is 0.708. The van der Waals surface area contributed by atoms with Gasteiger partial charge in [0.15, 0.2) is 0 Å². The summed E-state index contributed by atoms with van der Waals surface area (Å²) in [7, 11) is 1.69. The average molecular weight is 473 g/mol. The highest BCUT2D eigenvalue weighted by Gasteiger charge is 2.34. The quantitative estimate of drug-likeness (QED) is 0.451. The molecule has 3 heterocycles. The first-order valence-corrected chi connectivity index (χ1v) is 12.2. The summed E-state index contributed by atoms with van der Waals surface area (Å²) < 4.78 is 5.17. The molecule has 2 aromatic heterocycles. The Morgan fingerprint density at radius 3 is 2.74 bits per heavy atom. The highest BCUT2D eigenvalue weighted by Crippen LogP contribution is 2.27. The van der Waals surface area contributed by atoms with Crippen LogP contribution < -0.4 is 10.6 Å². The summed E-state index contributed by atoms with van der Waals surface area (Å²) in [6, 6.07) is 0.0300. The Kier molecular flexibility index (Phi) is 8.96. The first-order chi connectivity index (χ1) is 16.2. The van der Waals surface area contributed by atoms with Crippen LogP contribution in [0.3, 0.4) is 0 Å². The van der Waals surface area contributed by atoms with Crippen LogP contribution in [-0.4, -0.2) is 81.9 Å². The van der Waals surface area contributed by atoms with Crippen molar-refractivity contribution in [2.45, 2.75) is 64.8 Å². The molecule has 1 fully saturated rings. The van der Waals surface area contributed by atoms with Gasteiger partial charge >= 0.3 is 0 Å². The number of anilines is 1. The second-order valence-electron chi connectivity index (χ2n) is 10.4. The summed E-state index contributed by atoms with van der Waals surface area (Å²) in [6.07, 6.45) is 4.86. The monoisotopic (exact) mass is 472 g/mol. The minimum absolute atomic E-state index is 0.0300. The molecule has 2 aromatic rings. The molecule has 1 aliphatic rings. The van der Waals surface area contributed by atoms with Crippen LogP contribution >= 0.6 is 0 Å². The molecule has 0 unspecified atom stereocenters. The molecule has 3 rings (SSSR count). The lowest BCUT2D eigenvalue weighted by atomic mass is 9.93. The van der Waals surface area contributed by atoms with Crippen LogP contribution in [-0.2, 0) is 10.2 Å². The molecule has 10 heteroatoms. The number of rotatable bonds is 10. The number of nitrogens with one attached hydrogen (secondary N) is 3. The Labute approximate surface area is 202 Å². The number of carbonyl (C=O) groups is 1. The Bertz CT molecular complexity index is 910. The number of nitrogens with zero attached hydrogens (tertiary/aromatic N) is 5. The zero-order valence-corrected chi connectivity index (χ0v) is 21.4. The van der Waals surface area contributed by atoms with Gasteiger partial charge < -0.3 is 20.3 Å². The van der Waals surface area contributed by atoms with Crippen LogP contribution in [0.15, 0.2) is 12.5 Å². The fourth-order valence-electron chi connectivity index (χ4n) is 4.18. The predicted octanol–water partition coefficient (Wildman–Crippen LogP) is 2.58. The third-order valence-electron chi connectivity index (χ3n) is 5.92. The standard InChI is InChI=1S/C24H40N8O2/c1-16(2)14-32(18-10-17(11-25-12-18)20-28-15-29-31-20)22(33)19-13-27-23(24(3,4)5)30-21(19)26-8-7-9-34-6/h13,15-18,25H,7-12,14H2,1-6H3,(H,26,27,30)(H,28,29,31)/t17-,18+/m1/s1. The summed E-state index contributed by atoms with van der Waals surface area (Å²) in [5, 5.41) is 13.8. The van der Waals surface area contributed by atoms with Crippen molar-refractivity contribution in [3.05, 3.63) is 29.7 Å². The van der Waals surface area contributed by atoms with Crippen molar-refractivity contribution in [1.82, 2.24) is 35.4 Å². The van der Waals surface area contributed by atoms with Crippen molar-refractivity contribution in [3.63, 3.8) is 0 Å². The molecule has 2 atom stereocenters. The Balaban J connectivity index is 1.88. The van der Waals surface area contributed by atoms with Gasteiger partial charge in [0, 0.05) is 63.5 Å². The maximum Gasteiger partial charge on any atom is 0.259 e. The summed E-state index contributed by atoms with van der Waals surface area (Å²) >= 11 is 0.